The van der Waals surface area contributed by atoms with Crippen molar-refractivity contribution < 1.29 is 13.9 Å². The molecule has 2 amide bonds. The van der Waals surface area contributed by atoms with E-state index in [1.807, 2.05) is 24.3 Å². The minimum Gasteiger partial charge on any atom is -0.453 e. The molecule has 0 aliphatic carbocycles. The van der Waals surface area contributed by atoms with Crippen LogP contribution in [0.5, 0.6) is 11.5 Å². The Morgan fingerprint density at radius 3 is 2.48 bits per heavy atom. The second kappa shape index (κ2) is 8.61. The van der Waals surface area contributed by atoms with E-state index in [-0.39, 0.29) is 11.1 Å². The van der Waals surface area contributed by atoms with Crippen LogP contribution in [0.4, 0.5) is 20.6 Å². The number of amides is 2. The van der Waals surface area contributed by atoms with Crippen molar-refractivity contribution in [3.63, 3.8) is 0 Å². The van der Waals surface area contributed by atoms with Gasteiger partial charge in [-0.05, 0) is 35.7 Å². The molecule has 150 valence electrons. The lowest BCUT2D eigenvalue weighted by Gasteiger charge is -2.23. The minimum absolute atomic E-state index is 0.0697. The number of nitrogens with zero attached hydrogens (tertiary/aromatic N) is 1. The van der Waals surface area contributed by atoms with Crippen molar-refractivity contribution in [2.75, 3.05) is 10.6 Å². The monoisotopic (exact) mass is 457 g/mol. The third kappa shape index (κ3) is 5.32. The summed E-state index contributed by atoms with van der Waals surface area (Å²) in [7, 11) is 0. The molecule has 2 N–H and O–H groups in total. The highest BCUT2D eigenvalue weighted by molar-refractivity contribution is 9.10. The van der Waals surface area contributed by atoms with E-state index in [0.29, 0.717) is 21.7 Å². The molecule has 3 rings (SSSR count). The van der Waals surface area contributed by atoms with Crippen molar-refractivity contribution in [2.24, 2.45) is 0 Å². The zero-order valence-corrected chi connectivity index (χ0v) is 17.9. The largest absolute Gasteiger partial charge is 0.453 e. The van der Waals surface area contributed by atoms with Crippen LogP contribution < -0.4 is 15.4 Å². The number of carbonyl (C=O) groups is 1. The van der Waals surface area contributed by atoms with Crippen LogP contribution in [0.1, 0.15) is 26.3 Å². The molecule has 7 heteroatoms. The van der Waals surface area contributed by atoms with Crippen molar-refractivity contribution in [1.82, 2.24) is 4.98 Å². The highest BCUT2D eigenvalue weighted by Gasteiger charge is 2.20. The summed E-state index contributed by atoms with van der Waals surface area (Å²) in [6, 6.07) is 13.1. The standard InChI is InChI=1S/C22H21BrFN3O2/c1-22(2,3)15-6-4-5-7-19(15)29-20-13-25-11-10-18(20)27-21(28)26-17-9-8-14(23)12-16(17)24/h4-13H,1-3H3,(H2,25,26,27,28). The fraction of sp³-hybridized carbons (Fsp3) is 0.182. The molecular weight excluding hydrogens is 437 g/mol. The summed E-state index contributed by atoms with van der Waals surface area (Å²) < 4.78 is 20.6. The number of hydrogen-bond acceptors (Lipinski definition) is 3. The summed E-state index contributed by atoms with van der Waals surface area (Å²) in [6.45, 7) is 6.29. The molecular formula is C22H21BrFN3O2. The number of ether oxygens (including phenoxy) is 1. The van der Waals surface area contributed by atoms with Crippen molar-refractivity contribution in [3.8, 4) is 11.5 Å². The molecule has 0 aliphatic heterocycles. The Balaban J connectivity index is 1.80. The van der Waals surface area contributed by atoms with E-state index < -0.39 is 11.8 Å². The Labute approximate surface area is 177 Å². The first kappa shape index (κ1) is 20.8. The molecule has 0 fully saturated rings. The minimum atomic E-state index is -0.591. The van der Waals surface area contributed by atoms with Crippen LogP contribution in [-0.4, -0.2) is 11.0 Å². The van der Waals surface area contributed by atoms with Gasteiger partial charge >= 0.3 is 6.03 Å². The molecule has 0 aliphatic rings. The van der Waals surface area contributed by atoms with Crippen LogP contribution in [0.2, 0.25) is 0 Å². The van der Waals surface area contributed by atoms with Crippen molar-refractivity contribution in [3.05, 3.63) is 76.8 Å². The van der Waals surface area contributed by atoms with Gasteiger partial charge in [-0.25, -0.2) is 9.18 Å². The Morgan fingerprint density at radius 1 is 1.03 bits per heavy atom. The highest BCUT2D eigenvalue weighted by atomic mass is 79.9. The van der Waals surface area contributed by atoms with E-state index in [1.165, 1.54) is 18.3 Å². The van der Waals surface area contributed by atoms with Gasteiger partial charge in [0.05, 0.1) is 17.6 Å². The number of benzene rings is 2. The van der Waals surface area contributed by atoms with Crippen LogP contribution in [-0.2, 0) is 5.41 Å². The molecule has 0 bridgehead atoms. The van der Waals surface area contributed by atoms with E-state index in [1.54, 1.807) is 18.3 Å². The lowest BCUT2D eigenvalue weighted by atomic mass is 9.86. The number of rotatable bonds is 4. The van der Waals surface area contributed by atoms with Gasteiger partial charge in [-0.15, -0.1) is 0 Å². The molecule has 2 aromatic carbocycles. The molecule has 29 heavy (non-hydrogen) atoms. The molecule has 0 radical (unpaired) electrons. The lowest BCUT2D eigenvalue weighted by molar-refractivity contribution is 0.262. The average molecular weight is 458 g/mol. The Kier molecular flexibility index (Phi) is 6.17. The van der Waals surface area contributed by atoms with Crippen LogP contribution in [0, 0.1) is 5.82 Å². The molecule has 0 unspecified atom stereocenters. The second-order valence-electron chi connectivity index (χ2n) is 7.42. The molecule has 5 nitrogen and oxygen atoms in total. The van der Waals surface area contributed by atoms with Gasteiger partial charge in [0.2, 0.25) is 0 Å². The lowest BCUT2D eigenvalue weighted by Crippen LogP contribution is -2.20. The third-order valence-corrected chi connectivity index (χ3v) is 4.62. The smallest absolute Gasteiger partial charge is 0.323 e. The normalized spacial score (nSPS) is 11.1. The molecule has 1 heterocycles. The molecule has 0 saturated carbocycles. The van der Waals surface area contributed by atoms with Gasteiger partial charge in [-0.1, -0.05) is 54.9 Å². The van der Waals surface area contributed by atoms with Gasteiger partial charge in [0, 0.05) is 16.2 Å². The number of hydrogen-bond donors (Lipinski definition) is 2. The van der Waals surface area contributed by atoms with Crippen molar-refractivity contribution in [1.29, 1.82) is 0 Å². The number of anilines is 2. The number of nitrogens with one attached hydrogen (secondary N) is 2. The SMILES string of the molecule is CC(C)(C)c1ccccc1Oc1cnccc1NC(=O)Nc1ccc(Br)cc1F. The maximum absolute atomic E-state index is 14.0. The predicted molar refractivity (Wildman–Crippen MR) is 116 cm³/mol. The summed E-state index contributed by atoms with van der Waals surface area (Å²) >= 11 is 3.19. The Hall–Kier alpha value is -2.93. The average Bonchev–Trinajstić information content (AvgIpc) is 2.65. The number of carbonyl (C=O) groups excluding carboxylic acids is 1. The van der Waals surface area contributed by atoms with Crippen LogP contribution >= 0.6 is 15.9 Å². The Morgan fingerprint density at radius 2 is 1.76 bits per heavy atom. The molecule has 3 aromatic rings. The maximum Gasteiger partial charge on any atom is 0.323 e. The number of halogens is 2. The first-order valence-electron chi connectivity index (χ1n) is 8.98. The van der Waals surface area contributed by atoms with Gasteiger partial charge in [0.25, 0.3) is 0 Å². The second-order valence-corrected chi connectivity index (χ2v) is 8.34. The van der Waals surface area contributed by atoms with Crippen LogP contribution in [0.15, 0.2) is 65.4 Å². The van der Waals surface area contributed by atoms with E-state index >= 15 is 0 Å². The van der Waals surface area contributed by atoms with Crippen molar-refractivity contribution in [2.45, 2.75) is 26.2 Å². The molecule has 0 saturated heterocycles. The number of para-hydroxylation sites is 1. The fourth-order valence-corrected chi connectivity index (χ4v) is 3.06. The zero-order chi connectivity index (χ0) is 21.0. The summed E-state index contributed by atoms with van der Waals surface area (Å²) in [5, 5.41) is 5.18. The van der Waals surface area contributed by atoms with Gasteiger partial charge in [-0.2, -0.15) is 0 Å². The topological polar surface area (TPSA) is 63.2 Å². The van der Waals surface area contributed by atoms with Gasteiger partial charge in [0.1, 0.15) is 11.6 Å². The fourth-order valence-electron chi connectivity index (χ4n) is 2.73. The maximum atomic E-state index is 14.0. The van der Waals surface area contributed by atoms with E-state index in [2.05, 4.69) is 52.3 Å². The number of aromatic nitrogens is 1. The zero-order valence-electron chi connectivity index (χ0n) is 16.3. The summed E-state index contributed by atoms with van der Waals surface area (Å²) in [5.41, 5.74) is 1.39. The number of urea groups is 1. The van der Waals surface area contributed by atoms with Crippen LogP contribution in [0.25, 0.3) is 0 Å². The van der Waals surface area contributed by atoms with Crippen molar-refractivity contribution >= 4 is 33.3 Å². The van der Waals surface area contributed by atoms with E-state index in [0.717, 1.165) is 5.56 Å². The van der Waals surface area contributed by atoms with Gasteiger partial charge in [0.15, 0.2) is 5.75 Å². The van der Waals surface area contributed by atoms with E-state index in [4.69, 9.17) is 4.74 Å². The first-order valence-corrected chi connectivity index (χ1v) is 9.78. The van der Waals surface area contributed by atoms with Gasteiger partial charge < -0.3 is 15.4 Å². The number of pyridine rings is 1. The third-order valence-electron chi connectivity index (χ3n) is 4.13. The van der Waals surface area contributed by atoms with Gasteiger partial charge in [-0.3, -0.25) is 4.98 Å². The highest BCUT2D eigenvalue weighted by Crippen LogP contribution is 2.36. The molecule has 0 spiro atoms. The van der Waals surface area contributed by atoms with Crippen LogP contribution in [0.3, 0.4) is 0 Å². The summed E-state index contributed by atoms with van der Waals surface area (Å²) in [6.07, 6.45) is 3.06. The van der Waals surface area contributed by atoms with E-state index in [9.17, 15) is 9.18 Å². The molecule has 1 aromatic heterocycles. The molecule has 0 atom stereocenters. The summed E-state index contributed by atoms with van der Waals surface area (Å²) in [4.78, 5) is 16.5. The quantitative estimate of drug-likeness (QED) is 0.457. The first-order chi connectivity index (χ1) is 13.7. The predicted octanol–water partition coefficient (Wildman–Crippen LogP) is 6.72. The summed E-state index contributed by atoms with van der Waals surface area (Å²) in [5.74, 6) is 0.519. The Bertz CT molecular complexity index is 1030.